The molecule has 8 fully saturated rings. The molecule has 34 heteroatoms. The van der Waals surface area contributed by atoms with E-state index in [1.54, 1.807) is 31.2 Å². The molecule has 0 spiro atoms. The van der Waals surface area contributed by atoms with Gasteiger partial charge in [-0.3, -0.25) is 48.0 Å². The van der Waals surface area contributed by atoms with Crippen LogP contribution in [0.3, 0.4) is 0 Å². The molecule has 568 valence electrons. The van der Waals surface area contributed by atoms with Gasteiger partial charge in [0.05, 0.1) is 42.7 Å². The highest BCUT2D eigenvalue weighted by atomic mass is 35.5. The lowest BCUT2D eigenvalue weighted by Crippen LogP contribution is -2.58. The zero-order valence-corrected chi connectivity index (χ0v) is 61.1. The lowest BCUT2D eigenvalue weighted by molar-refractivity contribution is -0.141. The number of benzene rings is 2. The van der Waals surface area contributed by atoms with Crippen molar-refractivity contribution >= 4 is 103 Å². The number of nitrogens with zero attached hydrogens (tertiary/aromatic N) is 4. The Bertz CT molecular complexity index is 4030. The first kappa shape index (κ1) is 77.4. The molecule has 0 radical (unpaired) electrons. The number of sulfonamides is 2. The minimum atomic E-state index is -3.91. The number of ether oxygens (including phenoxy) is 4. The van der Waals surface area contributed by atoms with Crippen LogP contribution in [0.1, 0.15) is 177 Å². The van der Waals surface area contributed by atoms with Gasteiger partial charge in [-0.1, -0.05) is 74.3 Å². The Kier molecular flexibility index (Phi) is 23.1. The molecule has 0 unspecified atom stereocenters. The first-order valence-electron chi connectivity index (χ1n) is 35.7. The van der Waals surface area contributed by atoms with Crippen LogP contribution in [0.4, 0.5) is 28.0 Å². The molecule has 6 heterocycles. The molecule has 0 aromatic heterocycles. The predicted octanol–water partition coefficient (Wildman–Crippen LogP) is 6.81. The van der Waals surface area contributed by atoms with E-state index in [-0.39, 0.29) is 89.4 Å². The van der Waals surface area contributed by atoms with Crippen LogP contribution in [0, 0.1) is 23.5 Å². The number of carbonyl (C=O) groups is 10. The van der Waals surface area contributed by atoms with Crippen molar-refractivity contribution in [1.82, 2.24) is 45.0 Å². The summed E-state index contributed by atoms with van der Waals surface area (Å²) in [4.78, 5) is 137. The number of allylic oxidation sites excluding steroid dienone is 2. The summed E-state index contributed by atoms with van der Waals surface area (Å²) in [7, 11) is -7.77. The summed E-state index contributed by atoms with van der Waals surface area (Å²) in [6, 6.07) is 5.03. The zero-order chi connectivity index (χ0) is 73.6. The van der Waals surface area contributed by atoms with Gasteiger partial charge in [-0.05, 0) is 140 Å². The van der Waals surface area contributed by atoms with Gasteiger partial charge in [0.25, 0.3) is 11.8 Å². The maximum atomic E-state index is 14.4. The van der Waals surface area contributed by atoms with E-state index in [1.165, 1.54) is 31.7 Å². The van der Waals surface area contributed by atoms with E-state index in [0.29, 0.717) is 86.5 Å². The predicted molar refractivity (Wildman–Crippen MR) is 371 cm³/mol. The number of hydrogen-bond acceptors (Lipinski definition) is 19. The van der Waals surface area contributed by atoms with Gasteiger partial charge in [0.1, 0.15) is 64.2 Å². The standard InChI is InChI=1S/C35H44FN5O9S.C30H38FN5O7S.C5H7ClO2.ClH/c1-34(14-15-34)50-32(45)37-27-11-6-4-2-3-5-9-22-17-35(22,31(44)39-51(47,48)24-12-13-24)38-29(42)28-16-23(19-41(28)30(27)43)49-33(46)40-18-21-8-7-10-26(36)25(21)20-40;31-23-9-6-7-18-15-35(17-22(18)23)29(40)43-20-13-25-26(37)33-30(28(39)34-44(41,42)21-11-12-21)14-19(30)8-4-2-1-3-5-10-24(32)27(38)36(25)16-20;1-5(2-3-5)8-4(6)7;/h5,7-10,22-24,27-28H,2-4,6,11-20H2,1H3,(H,37,45)(H,38,42)(H,39,44);4,6-9,19-21,24-25H,1-3,5,10-17,32H2,(H,33,37)(H,34,39);2-3H2,1H3;1H/b9-5-;8-4-;;/t22-,23-,27+,28+,35-;19-,20-,24+,25+,30-;;/m11../s1. The number of nitrogens with one attached hydrogen (secondary N) is 5. The third-order valence-corrected chi connectivity index (χ3v) is 25.2. The summed E-state index contributed by atoms with van der Waals surface area (Å²) in [6.07, 6.45) is 15.5. The molecule has 2 aromatic rings. The molecule has 6 aliphatic heterocycles. The summed E-state index contributed by atoms with van der Waals surface area (Å²) < 4.78 is 105. The van der Waals surface area contributed by atoms with Crippen LogP contribution in [0.2, 0.25) is 0 Å². The number of halogens is 4. The molecule has 2 aromatic carbocycles. The van der Waals surface area contributed by atoms with E-state index >= 15 is 0 Å². The molecule has 104 heavy (non-hydrogen) atoms. The Balaban J connectivity index is 0.000000188. The zero-order valence-electron chi connectivity index (χ0n) is 57.9. The topological polar surface area (TPSA) is 375 Å². The first-order valence-corrected chi connectivity index (χ1v) is 39.1. The van der Waals surface area contributed by atoms with Crippen LogP contribution in [0.15, 0.2) is 60.7 Å². The quantitative estimate of drug-likeness (QED) is 0.0764. The smallest absolute Gasteiger partial charge is 0.410 e. The minimum absolute atomic E-state index is 0. The highest BCUT2D eigenvalue weighted by molar-refractivity contribution is 7.91. The summed E-state index contributed by atoms with van der Waals surface area (Å²) in [5.41, 5.74) is 3.90. The summed E-state index contributed by atoms with van der Waals surface area (Å²) in [5, 5.41) is 7.00. The van der Waals surface area contributed by atoms with Crippen molar-refractivity contribution in [2.45, 2.75) is 250 Å². The molecule has 9 amide bonds. The minimum Gasteiger partial charge on any atom is -0.447 e. The fourth-order valence-electron chi connectivity index (χ4n) is 14.2. The number of nitrogens with two attached hydrogens (primary N) is 1. The van der Waals surface area contributed by atoms with Crippen LogP contribution < -0.4 is 31.1 Å². The average Bonchev–Trinajstić information content (AvgIpc) is 1.58. The van der Waals surface area contributed by atoms with E-state index in [2.05, 4.69) is 30.1 Å². The van der Waals surface area contributed by atoms with Gasteiger partial charge < -0.3 is 50.4 Å². The third-order valence-electron chi connectivity index (χ3n) is 21.5. The SMILES string of the molecule is CC1(OC(=O)Cl)CC1.CC1(OC(=O)N[C@H]2CCCCC/C=C\[C@@H]3C[C@@]3(C(=O)NS(=O)(=O)C3CC3)NC(=O)[C@@H]3C[C@@H](OC(=O)N4Cc5cccc(F)c5C4)CN3C2=O)CC1.Cl.N[C@H]1CCCCC/C=C\[C@@H]2C[C@@]2(C(=O)NS(=O)(=O)C2CC2)NC(=O)[C@@H]2C[C@@H](OC(=O)N3Cc4cccc(F)c4C3)CN2C1=O. The fraction of sp³-hybridized carbons (Fsp3) is 0.629. The van der Waals surface area contributed by atoms with Gasteiger partial charge in [0.2, 0.25) is 43.7 Å². The van der Waals surface area contributed by atoms with Crippen molar-refractivity contribution in [2.75, 3.05) is 13.1 Å². The van der Waals surface area contributed by atoms with Crippen molar-refractivity contribution < 1.29 is 92.5 Å². The van der Waals surface area contributed by atoms with E-state index in [0.717, 1.165) is 44.9 Å². The van der Waals surface area contributed by atoms with Crippen molar-refractivity contribution in [3.63, 3.8) is 0 Å². The maximum absolute atomic E-state index is 14.4. The highest BCUT2D eigenvalue weighted by Gasteiger charge is 2.64. The molecule has 10 atom stereocenters. The number of fused-ring (bicyclic) bond motifs is 6. The summed E-state index contributed by atoms with van der Waals surface area (Å²) >= 11 is 4.94. The Hall–Kier alpha value is -7.68. The molecule has 0 bridgehead atoms. The van der Waals surface area contributed by atoms with Gasteiger partial charge in [0, 0.05) is 60.5 Å². The average molecular weight is 1530 g/mol. The Morgan fingerprint density at radius 2 is 1.02 bits per heavy atom. The number of alkyl carbamates (subject to hydrolysis) is 1. The van der Waals surface area contributed by atoms with Crippen LogP contribution in [-0.4, -0.2) is 178 Å². The fourth-order valence-corrected chi connectivity index (χ4v) is 17.1. The van der Waals surface area contributed by atoms with Gasteiger partial charge in [-0.25, -0.2) is 44.8 Å². The molecular weight excluding hydrogens is 1440 g/mol. The molecule has 7 N–H and O–H groups in total. The highest BCUT2D eigenvalue weighted by Crippen LogP contribution is 2.48. The second kappa shape index (κ2) is 31.0. The summed E-state index contributed by atoms with van der Waals surface area (Å²) in [5.74, 6) is -5.75. The van der Waals surface area contributed by atoms with Crippen molar-refractivity contribution in [1.29, 1.82) is 0 Å². The van der Waals surface area contributed by atoms with Gasteiger partial charge >= 0.3 is 23.7 Å². The first-order chi connectivity index (χ1) is 48.9. The van der Waals surface area contributed by atoms with Gasteiger partial charge in [-0.2, -0.15) is 0 Å². The van der Waals surface area contributed by atoms with Crippen molar-refractivity contribution in [3.8, 4) is 0 Å². The maximum Gasteiger partial charge on any atom is 0.410 e. The largest absolute Gasteiger partial charge is 0.447 e. The third kappa shape index (κ3) is 18.2. The Morgan fingerprint density at radius 3 is 1.43 bits per heavy atom. The van der Waals surface area contributed by atoms with Crippen molar-refractivity contribution in [2.24, 2.45) is 17.6 Å². The molecule has 6 aliphatic carbocycles. The molecule has 12 aliphatic rings. The monoisotopic (exact) mass is 1530 g/mol. The van der Waals surface area contributed by atoms with Crippen LogP contribution in [0.5, 0.6) is 0 Å². The summed E-state index contributed by atoms with van der Waals surface area (Å²) in [6.45, 7) is 3.77. The number of carbonyl (C=O) groups excluding carboxylic acids is 10. The number of hydrogen-bond donors (Lipinski definition) is 6. The molecule has 28 nitrogen and oxygen atoms in total. The van der Waals surface area contributed by atoms with E-state index in [9.17, 15) is 73.6 Å². The van der Waals surface area contributed by atoms with E-state index in [4.69, 9.17) is 31.5 Å². The van der Waals surface area contributed by atoms with Gasteiger partial charge in [-0.15, -0.1) is 12.4 Å². The van der Waals surface area contributed by atoms with Crippen molar-refractivity contribution in [3.05, 3.63) is 94.6 Å². The van der Waals surface area contributed by atoms with Gasteiger partial charge in [0.15, 0.2) is 0 Å². The number of rotatable bonds is 11. The lowest BCUT2D eigenvalue weighted by Gasteiger charge is -2.30. The van der Waals surface area contributed by atoms with Crippen LogP contribution in [-0.2, 0) is 93.9 Å². The molecule has 14 rings (SSSR count). The van der Waals surface area contributed by atoms with Crippen LogP contribution in [0.25, 0.3) is 0 Å². The Morgan fingerprint density at radius 1 is 0.587 bits per heavy atom. The number of amides is 9. The normalized spacial score (nSPS) is 30.1. The second-order valence-electron chi connectivity index (χ2n) is 29.9. The van der Waals surface area contributed by atoms with E-state index in [1.807, 2.05) is 31.2 Å². The second-order valence-corrected chi connectivity index (χ2v) is 34.2. The molecule has 2 saturated heterocycles. The van der Waals surface area contributed by atoms with Crippen LogP contribution >= 0.6 is 24.0 Å². The molecular formula is C70H90Cl2F2N10O18S2. The lowest BCUT2D eigenvalue weighted by atomic mass is 10.0. The Labute approximate surface area is 613 Å². The molecule has 6 saturated carbocycles. The van der Waals surface area contributed by atoms with E-state index < -0.39 is 166 Å².